The molecule has 0 radical (unpaired) electrons. The topological polar surface area (TPSA) is 32.3 Å². The number of fused-ring (bicyclic) bond motifs is 1. The first-order valence-corrected chi connectivity index (χ1v) is 8.93. The first-order chi connectivity index (χ1) is 10.6. The van der Waals surface area contributed by atoms with Gasteiger partial charge in [0.25, 0.3) is 0 Å². The van der Waals surface area contributed by atoms with Gasteiger partial charge in [-0.3, -0.25) is 0 Å². The van der Waals surface area contributed by atoms with Crippen molar-refractivity contribution in [2.75, 3.05) is 32.1 Å². The van der Waals surface area contributed by atoms with Crippen LogP contribution in [0.25, 0.3) is 0 Å². The van der Waals surface area contributed by atoms with Crippen molar-refractivity contribution in [2.45, 2.75) is 64.3 Å². The summed E-state index contributed by atoms with van der Waals surface area (Å²) in [6, 6.07) is 0.745. The van der Waals surface area contributed by atoms with Crippen molar-refractivity contribution in [3.8, 4) is 0 Å². The lowest BCUT2D eigenvalue weighted by Crippen LogP contribution is -2.38. The van der Waals surface area contributed by atoms with Crippen molar-refractivity contribution in [2.24, 2.45) is 0 Å². The number of rotatable bonds is 4. The molecule has 1 unspecified atom stereocenters. The van der Waals surface area contributed by atoms with E-state index in [9.17, 15) is 0 Å². The summed E-state index contributed by atoms with van der Waals surface area (Å²) >= 11 is 0. The predicted molar refractivity (Wildman–Crippen MR) is 91.6 cm³/mol. The lowest BCUT2D eigenvalue weighted by atomic mass is 9.95. The molecule has 2 aliphatic rings. The van der Waals surface area contributed by atoms with Crippen molar-refractivity contribution in [3.63, 3.8) is 0 Å². The fourth-order valence-electron chi connectivity index (χ4n) is 3.97. The number of hydrogen-bond donors (Lipinski definition) is 0. The van der Waals surface area contributed by atoms with Crippen molar-refractivity contribution in [1.82, 2.24) is 14.9 Å². The Morgan fingerprint density at radius 3 is 2.77 bits per heavy atom. The molecule has 0 aromatic carbocycles. The van der Waals surface area contributed by atoms with Gasteiger partial charge in [0, 0.05) is 30.9 Å². The highest BCUT2D eigenvalue weighted by Crippen LogP contribution is 2.28. The second kappa shape index (κ2) is 6.95. The number of aromatic nitrogens is 2. The molecule has 1 atom stereocenters. The molecule has 0 N–H and O–H groups in total. The van der Waals surface area contributed by atoms with Crippen molar-refractivity contribution >= 4 is 5.82 Å². The van der Waals surface area contributed by atoms with Gasteiger partial charge < -0.3 is 9.80 Å². The Hall–Kier alpha value is -1.16. The molecule has 22 heavy (non-hydrogen) atoms. The second-order valence-corrected chi connectivity index (χ2v) is 7.07. The minimum absolute atomic E-state index is 0.745. The van der Waals surface area contributed by atoms with Gasteiger partial charge in [0.1, 0.15) is 11.6 Å². The molecule has 1 aliphatic carbocycles. The van der Waals surface area contributed by atoms with Crippen LogP contribution in [0.2, 0.25) is 0 Å². The third-order valence-corrected chi connectivity index (χ3v) is 5.35. The summed E-state index contributed by atoms with van der Waals surface area (Å²) in [4.78, 5) is 14.4. The zero-order chi connectivity index (χ0) is 15.5. The van der Waals surface area contributed by atoms with Crippen LogP contribution >= 0.6 is 0 Å². The lowest BCUT2D eigenvalue weighted by Gasteiger charge is -2.34. The van der Waals surface area contributed by atoms with E-state index < -0.39 is 0 Å². The number of hydrogen-bond acceptors (Lipinski definition) is 4. The van der Waals surface area contributed by atoms with Crippen molar-refractivity contribution < 1.29 is 0 Å². The first kappa shape index (κ1) is 15.7. The second-order valence-electron chi connectivity index (χ2n) is 7.07. The Morgan fingerprint density at radius 1 is 1.14 bits per heavy atom. The van der Waals surface area contributed by atoms with Crippen LogP contribution in [0.15, 0.2) is 0 Å². The number of piperidine rings is 1. The van der Waals surface area contributed by atoms with Gasteiger partial charge in [-0.2, -0.15) is 0 Å². The average Bonchev–Trinajstić information content (AvgIpc) is 2.53. The fourth-order valence-corrected chi connectivity index (χ4v) is 3.97. The van der Waals surface area contributed by atoms with Crippen LogP contribution in [0.1, 0.15) is 55.6 Å². The maximum Gasteiger partial charge on any atom is 0.135 e. The zero-order valence-electron chi connectivity index (χ0n) is 14.4. The minimum Gasteiger partial charge on any atom is -0.359 e. The van der Waals surface area contributed by atoms with E-state index in [0.717, 1.165) is 31.3 Å². The molecule has 1 aromatic heterocycles. The Morgan fingerprint density at radius 2 is 1.95 bits per heavy atom. The summed E-state index contributed by atoms with van der Waals surface area (Å²) in [7, 11) is 4.49. The van der Waals surface area contributed by atoms with E-state index in [-0.39, 0.29) is 0 Å². The summed E-state index contributed by atoms with van der Waals surface area (Å²) < 4.78 is 0. The standard InChI is InChI=1S/C18H30N4/c1-14-19-17-10-5-4-9-16(17)18(20-14)22(3)13-11-15-8-6-7-12-21(15)2/h15H,4-13H2,1-3H3. The third-order valence-electron chi connectivity index (χ3n) is 5.35. The van der Waals surface area contributed by atoms with Gasteiger partial charge in [-0.25, -0.2) is 9.97 Å². The number of likely N-dealkylation sites (tertiary alicyclic amines) is 1. The number of aryl methyl sites for hydroxylation is 2. The molecular weight excluding hydrogens is 272 g/mol. The van der Waals surface area contributed by atoms with E-state index in [0.29, 0.717) is 0 Å². The fraction of sp³-hybridized carbons (Fsp3) is 0.778. The van der Waals surface area contributed by atoms with Gasteiger partial charge in [0.2, 0.25) is 0 Å². The average molecular weight is 302 g/mol. The van der Waals surface area contributed by atoms with Gasteiger partial charge in [-0.15, -0.1) is 0 Å². The van der Waals surface area contributed by atoms with Gasteiger partial charge >= 0.3 is 0 Å². The molecule has 3 rings (SSSR count). The van der Waals surface area contributed by atoms with Gasteiger partial charge in [0.15, 0.2) is 0 Å². The quantitative estimate of drug-likeness (QED) is 0.856. The summed E-state index contributed by atoms with van der Waals surface area (Å²) in [5, 5.41) is 0. The van der Waals surface area contributed by atoms with Crippen LogP contribution in [0.3, 0.4) is 0 Å². The van der Waals surface area contributed by atoms with Gasteiger partial charge in [-0.1, -0.05) is 6.42 Å². The van der Waals surface area contributed by atoms with Crippen LogP contribution < -0.4 is 4.90 Å². The van der Waals surface area contributed by atoms with E-state index in [1.165, 1.54) is 62.1 Å². The molecule has 122 valence electrons. The normalized spacial score (nSPS) is 22.4. The Bertz CT molecular complexity index is 514. The zero-order valence-corrected chi connectivity index (χ0v) is 14.4. The van der Waals surface area contributed by atoms with E-state index in [1.807, 2.05) is 6.92 Å². The van der Waals surface area contributed by atoms with Crippen LogP contribution in [0, 0.1) is 6.92 Å². The van der Waals surface area contributed by atoms with E-state index in [1.54, 1.807) is 0 Å². The van der Waals surface area contributed by atoms with Crippen molar-refractivity contribution in [3.05, 3.63) is 17.1 Å². The summed E-state index contributed by atoms with van der Waals surface area (Å²) in [6.45, 7) is 4.38. The molecule has 0 spiro atoms. The molecule has 1 aromatic rings. The SMILES string of the molecule is Cc1nc2c(c(N(C)CCC3CCCCN3C)n1)CCCC2. The molecule has 4 heteroatoms. The maximum atomic E-state index is 4.77. The summed E-state index contributed by atoms with van der Waals surface area (Å²) in [5.41, 5.74) is 2.71. The molecule has 0 amide bonds. The maximum absolute atomic E-state index is 4.77. The highest BCUT2D eigenvalue weighted by Gasteiger charge is 2.22. The van der Waals surface area contributed by atoms with Crippen LogP contribution in [0.5, 0.6) is 0 Å². The minimum atomic E-state index is 0.745. The Balaban J connectivity index is 1.69. The highest BCUT2D eigenvalue weighted by atomic mass is 15.2. The lowest BCUT2D eigenvalue weighted by molar-refractivity contribution is 0.178. The highest BCUT2D eigenvalue weighted by molar-refractivity contribution is 5.49. The number of nitrogens with zero attached hydrogens (tertiary/aromatic N) is 4. The van der Waals surface area contributed by atoms with E-state index in [4.69, 9.17) is 4.98 Å². The molecule has 4 nitrogen and oxygen atoms in total. The van der Waals surface area contributed by atoms with Gasteiger partial charge in [-0.05, 0) is 65.5 Å². The van der Waals surface area contributed by atoms with Crippen LogP contribution in [-0.2, 0) is 12.8 Å². The molecular formula is C18H30N4. The first-order valence-electron chi connectivity index (χ1n) is 8.93. The Kier molecular flexibility index (Phi) is 4.97. The monoisotopic (exact) mass is 302 g/mol. The molecule has 1 fully saturated rings. The number of anilines is 1. The molecule has 1 saturated heterocycles. The summed E-state index contributed by atoms with van der Waals surface area (Å²) in [5.74, 6) is 2.12. The molecule has 0 saturated carbocycles. The molecule has 0 bridgehead atoms. The van der Waals surface area contributed by atoms with E-state index in [2.05, 4.69) is 28.9 Å². The predicted octanol–water partition coefficient (Wildman–Crippen LogP) is 2.97. The third kappa shape index (κ3) is 3.43. The summed E-state index contributed by atoms with van der Waals surface area (Å²) in [6.07, 6.45) is 10.2. The smallest absolute Gasteiger partial charge is 0.135 e. The van der Waals surface area contributed by atoms with Crippen molar-refractivity contribution in [1.29, 1.82) is 0 Å². The Labute approximate surface area is 134 Å². The molecule has 2 heterocycles. The van der Waals surface area contributed by atoms with Gasteiger partial charge in [0.05, 0.1) is 0 Å². The van der Waals surface area contributed by atoms with Crippen LogP contribution in [-0.4, -0.2) is 48.1 Å². The largest absolute Gasteiger partial charge is 0.359 e. The van der Waals surface area contributed by atoms with E-state index >= 15 is 0 Å². The van der Waals surface area contributed by atoms with Crippen LogP contribution in [0.4, 0.5) is 5.82 Å². The molecule has 1 aliphatic heterocycles.